The average Bonchev–Trinajstić information content (AvgIpc) is 2.94. The molecule has 0 aliphatic rings. The van der Waals surface area contributed by atoms with Gasteiger partial charge < -0.3 is 10.1 Å². The SMILES string of the molecule is CC(NCCc1cccs1)C(=O)Oc1ccccc1Cl. The molecule has 106 valence electrons. The summed E-state index contributed by atoms with van der Waals surface area (Å²) >= 11 is 7.66. The van der Waals surface area contributed by atoms with Gasteiger partial charge in [-0.1, -0.05) is 29.8 Å². The van der Waals surface area contributed by atoms with E-state index < -0.39 is 0 Å². The van der Waals surface area contributed by atoms with Gasteiger partial charge in [-0.25, -0.2) is 4.79 Å². The fraction of sp³-hybridized carbons (Fsp3) is 0.267. The molecule has 5 heteroatoms. The second-order valence-electron chi connectivity index (χ2n) is 4.36. The van der Waals surface area contributed by atoms with Crippen LogP contribution in [0, 0.1) is 0 Å². The molecule has 1 unspecified atom stereocenters. The Hall–Kier alpha value is -1.36. The van der Waals surface area contributed by atoms with E-state index in [0.29, 0.717) is 10.8 Å². The Labute approximate surface area is 127 Å². The molecule has 2 rings (SSSR count). The van der Waals surface area contributed by atoms with E-state index in [0.717, 1.165) is 13.0 Å². The topological polar surface area (TPSA) is 38.3 Å². The van der Waals surface area contributed by atoms with Crippen LogP contribution in [0.4, 0.5) is 0 Å². The summed E-state index contributed by atoms with van der Waals surface area (Å²) in [5, 5.41) is 5.63. The molecule has 0 fully saturated rings. The Bertz CT molecular complexity index is 557. The predicted octanol–water partition coefficient (Wildman–Crippen LogP) is 3.53. The molecule has 1 N–H and O–H groups in total. The molecule has 2 aromatic rings. The van der Waals surface area contributed by atoms with Crippen molar-refractivity contribution in [1.29, 1.82) is 0 Å². The summed E-state index contributed by atoms with van der Waals surface area (Å²) in [5.74, 6) is 0.0651. The van der Waals surface area contributed by atoms with Crippen LogP contribution in [-0.2, 0) is 11.2 Å². The molecule has 0 aliphatic heterocycles. The summed E-state index contributed by atoms with van der Waals surface area (Å²) in [4.78, 5) is 13.2. The second-order valence-corrected chi connectivity index (χ2v) is 5.80. The van der Waals surface area contributed by atoms with E-state index in [1.807, 2.05) is 11.4 Å². The van der Waals surface area contributed by atoms with E-state index in [4.69, 9.17) is 16.3 Å². The molecular formula is C15H16ClNO2S. The Balaban J connectivity index is 1.79. The maximum Gasteiger partial charge on any atom is 0.328 e. The van der Waals surface area contributed by atoms with Gasteiger partial charge in [-0.05, 0) is 36.9 Å². The number of ether oxygens (including phenoxy) is 1. The number of hydrogen-bond acceptors (Lipinski definition) is 4. The lowest BCUT2D eigenvalue weighted by Gasteiger charge is -2.13. The number of carbonyl (C=O) groups is 1. The molecule has 0 bridgehead atoms. The van der Waals surface area contributed by atoms with Crippen LogP contribution in [0.1, 0.15) is 11.8 Å². The van der Waals surface area contributed by atoms with E-state index in [9.17, 15) is 4.79 Å². The molecule has 1 aromatic heterocycles. The van der Waals surface area contributed by atoms with E-state index in [1.54, 1.807) is 42.5 Å². The van der Waals surface area contributed by atoms with Gasteiger partial charge in [0.1, 0.15) is 11.8 Å². The van der Waals surface area contributed by atoms with Crippen LogP contribution in [-0.4, -0.2) is 18.6 Å². The van der Waals surface area contributed by atoms with Crippen molar-refractivity contribution in [1.82, 2.24) is 5.32 Å². The number of para-hydroxylation sites is 1. The first-order valence-electron chi connectivity index (χ1n) is 6.39. The maximum absolute atomic E-state index is 11.9. The molecule has 0 spiro atoms. The minimum absolute atomic E-state index is 0.329. The third-order valence-corrected chi connectivity index (χ3v) is 4.05. The molecule has 0 saturated heterocycles. The molecule has 0 radical (unpaired) electrons. The van der Waals surface area contributed by atoms with Crippen molar-refractivity contribution >= 4 is 28.9 Å². The highest BCUT2D eigenvalue weighted by Crippen LogP contribution is 2.23. The van der Waals surface area contributed by atoms with Crippen molar-refractivity contribution in [2.75, 3.05) is 6.54 Å². The lowest BCUT2D eigenvalue weighted by molar-refractivity contribution is -0.136. The molecule has 0 saturated carbocycles. The van der Waals surface area contributed by atoms with Gasteiger partial charge in [-0.3, -0.25) is 0 Å². The van der Waals surface area contributed by atoms with Gasteiger partial charge in [-0.2, -0.15) is 0 Å². The number of carbonyl (C=O) groups excluding carboxylic acids is 1. The highest BCUT2D eigenvalue weighted by Gasteiger charge is 2.15. The summed E-state index contributed by atoms with van der Waals surface area (Å²) in [7, 11) is 0. The number of esters is 1. The van der Waals surface area contributed by atoms with Gasteiger partial charge in [0.25, 0.3) is 0 Å². The van der Waals surface area contributed by atoms with Gasteiger partial charge in [0, 0.05) is 11.4 Å². The first-order chi connectivity index (χ1) is 9.66. The average molecular weight is 310 g/mol. The standard InChI is InChI=1S/C15H16ClNO2S/c1-11(17-9-8-12-5-4-10-20-12)15(18)19-14-7-3-2-6-13(14)16/h2-7,10-11,17H,8-9H2,1H3. The van der Waals surface area contributed by atoms with Gasteiger partial charge >= 0.3 is 5.97 Å². The van der Waals surface area contributed by atoms with Gasteiger partial charge in [-0.15, -0.1) is 11.3 Å². The van der Waals surface area contributed by atoms with E-state index >= 15 is 0 Å². The molecule has 20 heavy (non-hydrogen) atoms. The number of rotatable bonds is 6. The summed E-state index contributed by atoms with van der Waals surface area (Å²) in [5.41, 5.74) is 0. The van der Waals surface area contributed by atoms with Crippen molar-refractivity contribution in [3.05, 3.63) is 51.7 Å². The van der Waals surface area contributed by atoms with Crippen molar-refractivity contribution in [2.24, 2.45) is 0 Å². The maximum atomic E-state index is 11.9. The Morgan fingerprint density at radius 1 is 1.35 bits per heavy atom. The molecule has 1 heterocycles. The van der Waals surface area contributed by atoms with Crippen LogP contribution in [0.3, 0.4) is 0 Å². The zero-order chi connectivity index (χ0) is 14.4. The monoisotopic (exact) mass is 309 g/mol. The molecule has 1 aromatic carbocycles. The van der Waals surface area contributed by atoms with E-state index in [-0.39, 0.29) is 12.0 Å². The summed E-state index contributed by atoms with van der Waals surface area (Å²) in [6.45, 7) is 2.52. The second kappa shape index (κ2) is 7.43. The van der Waals surface area contributed by atoms with Crippen LogP contribution in [0.25, 0.3) is 0 Å². The van der Waals surface area contributed by atoms with Crippen LogP contribution < -0.4 is 10.1 Å². The third kappa shape index (κ3) is 4.34. The highest BCUT2D eigenvalue weighted by molar-refractivity contribution is 7.09. The number of thiophene rings is 1. The van der Waals surface area contributed by atoms with Gasteiger partial charge in [0.15, 0.2) is 0 Å². The van der Waals surface area contributed by atoms with Gasteiger partial charge in [0.05, 0.1) is 5.02 Å². The largest absolute Gasteiger partial charge is 0.424 e. The zero-order valence-electron chi connectivity index (χ0n) is 11.1. The lowest BCUT2D eigenvalue weighted by Crippen LogP contribution is -2.38. The minimum Gasteiger partial charge on any atom is -0.424 e. The predicted molar refractivity (Wildman–Crippen MR) is 82.6 cm³/mol. The van der Waals surface area contributed by atoms with Crippen molar-refractivity contribution < 1.29 is 9.53 Å². The van der Waals surface area contributed by atoms with Crippen molar-refractivity contribution in [3.8, 4) is 5.75 Å². The summed E-state index contributed by atoms with van der Waals surface area (Å²) < 4.78 is 5.26. The van der Waals surface area contributed by atoms with E-state index in [1.165, 1.54) is 4.88 Å². The Morgan fingerprint density at radius 2 is 2.15 bits per heavy atom. The number of nitrogens with one attached hydrogen (secondary N) is 1. The molecule has 3 nitrogen and oxygen atoms in total. The first-order valence-corrected chi connectivity index (χ1v) is 7.64. The molecule has 0 aliphatic carbocycles. The smallest absolute Gasteiger partial charge is 0.328 e. The van der Waals surface area contributed by atoms with E-state index in [2.05, 4.69) is 11.4 Å². The quantitative estimate of drug-likeness (QED) is 0.655. The Kier molecular flexibility index (Phi) is 5.59. The van der Waals surface area contributed by atoms with Gasteiger partial charge in [0.2, 0.25) is 0 Å². The molecule has 0 amide bonds. The molecular weight excluding hydrogens is 294 g/mol. The van der Waals surface area contributed by atoms with Crippen molar-refractivity contribution in [3.63, 3.8) is 0 Å². The number of hydrogen-bond donors (Lipinski definition) is 1. The fourth-order valence-electron chi connectivity index (χ4n) is 1.67. The summed E-state index contributed by atoms with van der Waals surface area (Å²) in [6, 6.07) is 10.7. The first kappa shape index (κ1) is 15.0. The minimum atomic E-state index is -0.369. The van der Waals surface area contributed by atoms with Crippen LogP contribution in [0.5, 0.6) is 5.75 Å². The third-order valence-electron chi connectivity index (χ3n) is 2.80. The normalized spacial score (nSPS) is 12.1. The fourth-order valence-corrected chi connectivity index (χ4v) is 2.56. The highest BCUT2D eigenvalue weighted by atomic mass is 35.5. The van der Waals surface area contributed by atoms with Crippen LogP contribution >= 0.6 is 22.9 Å². The Morgan fingerprint density at radius 3 is 2.85 bits per heavy atom. The van der Waals surface area contributed by atoms with Crippen molar-refractivity contribution in [2.45, 2.75) is 19.4 Å². The lowest BCUT2D eigenvalue weighted by atomic mass is 10.3. The number of benzene rings is 1. The van der Waals surface area contributed by atoms with Crippen LogP contribution in [0.2, 0.25) is 5.02 Å². The number of halogens is 1. The summed E-state index contributed by atoms with van der Waals surface area (Å²) in [6.07, 6.45) is 0.904. The molecule has 1 atom stereocenters. The zero-order valence-corrected chi connectivity index (χ0v) is 12.7. The van der Waals surface area contributed by atoms with Crippen LogP contribution in [0.15, 0.2) is 41.8 Å².